The smallest absolute Gasteiger partial charge is 0.317 e. The van der Waals surface area contributed by atoms with Gasteiger partial charge >= 0.3 is 11.9 Å². The summed E-state index contributed by atoms with van der Waals surface area (Å²) in [4.78, 5) is 30.5. The Morgan fingerprint density at radius 3 is 2.61 bits per heavy atom. The summed E-state index contributed by atoms with van der Waals surface area (Å²) in [5, 5.41) is 65.4. The number of ether oxygens (including phenoxy) is 7. The van der Waals surface area contributed by atoms with E-state index in [1.807, 2.05) is 47.4 Å². The molecule has 0 amide bonds. The Morgan fingerprint density at radius 2 is 1.85 bits per heavy atom. The van der Waals surface area contributed by atoms with Crippen molar-refractivity contribution in [3.05, 3.63) is 99.4 Å². The highest BCUT2D eigenvalue weighted by Gasteiger charge is 2.60. The van der Waals surface area contributed by atoms with Crippen LogP contribution in [0.15, 0.2) is 76.6 Å². The monoisotopic (exact) mass is 918 g/mol. The van der Waals surface area contributed by atoms with E-state index in [0.29, 0.717) is 41.2 Å². The Balaban J connectivity index is 1.17. The van der Waals surface area contributed by atoms with Gasteiger partial charge < -0.3 is 80.2 Å². The highest BCUT2D eigenvalue weighted by Crippen LogP contribution is 2.61. The summed E-state index contributed by atoms with van der Waals surface area (Å²) < 4.78 is 44.3. The SMILES string of the molecule is NC(N)C(OC(=O)CC(=O)O)C1OC2Oc3cc4c(c(CN5CC6=CC=NC6=C5CO)c3C#CCC1(O)C(O)C2O)C1Oc2c3ccc(OCO)c2OCCC#CC(c2ccccc2)C(O4)C31. The Bertz CT molecular complexity index is 2740. The second kappa shape index (κ2) is 17.5. The molecule has 10 atom stereocenters. The third-order valence-corrected chi connectivity index (χ3v) is 13.0. The molecule has 0 radical (unpaired) electrons. The second-order valence-electron chi connectivity index (χ2n) is 17.0. The minimum atomic E-state index is -2.52. The van der Waals surface area contributed by atoms with E-state index < -0.39 is 98.1 Å². The highest BCUT2D eigenvalue weighted by atomic mass is 16.7. The molecule has 10 N–H and O–H groups in total. The molecule has 8 aliphatic rings. The molecule has 3 aromatic rings. The maximum atomic E-state index is 12.7. The summed E-state index contributed by atoms with van der Waals surface area (Å²) in [5.41, 5.74) is 14.6. The van der Waals surface area contributed by atoms with Gasteiger partial charge in [0.15, 0.2) is 24.4 Å². The van der Waals surface area contributed by atoms with Gasteiger partial charge in [-0.15, -0.1) is 0 Å². The number of carboxylic acid groups (broad SMARTS) is 1. The van der Waals surface area contributed by atoms with Gasteiger partial charge in [0, 0.05) is 60.5 Å². The number of aliphatic imine (C=N–C) groups is 1. The summed E-state index contributed by atoms with van der Waals surface area (Å²) in [7, 11) is 0. The quantitative estimate of drug-likeness (QED) is 0.0564. The van der Waals surface area contributed by atoms with Crippen molar-refractivity contribution in [2.45, 2.75) is 92.3 Å². The molecular formula is C48H46N4O15. The molecular weight excluding hydrogens is 873 g/mol. The Kier molecular flexibility index (Phi) is 11.6. The molecule has 8 heterocycles. The number of hydrogen-bond donors (Lipinski definition) is 8. The molecule has 0 saturated carbocycles. The van der Waals surface area contributed by atoms with Crippen molar-refractivity contribution < 1.29 is 73.4 Å². The summed E-state index contributed by atoms with van der Waals surface area (Å²) in [6.07, 6.45) is -10.3. The average Bonchev–Trinajstić information content (AvgIpc) is 4.01. The molecule has 0 spiro atoms. The van der Waals surface area contributed by atoms with E-state index in [1.54, 1.807) is 18.3 Å². The molecule has 1 saturated heterocycles. The third-order valence-electron chi connectivity index (χ3n) is 13.0. The maximum Gasteiger partial charge on any atom is 0.317 e. The first-order valence-corrected chi connectivity index (χ1v) is 21.6. The van der Waals surface area contributed by atoms with E-state index in [1.165, 1.54) is 0 Å². The van der Waals surface area contributed by atoms with Crippen LogP contribution >= 0.6 is 0 Å². The highest BCUT2D eigenvalue weighted by molar-refractivity contribution is 5.90. The number of carbonyl (C=O) groups is 2. The van der Waals surface area contributed by atoms with E-state index in [-0.39, 0.29) is 48.3 Å². The first kappa shape index (κ1) is 44.2. The molecule has 348 valence electrons. The molecule has 0 aliphatic carbocycles. The maximum absolute atomic E-state index is 12.7. The number of rotatable bonds is 11. The topological polar surface area (TPSA) is 288 Å². The number of nitrogens with zero attached hydrogens (tertiary/aromatic N) is 2. The lowest BCUT2D eigenvalue weighted by Crippen LogP contribution is -2.72. The van der Waals surface area contributed by atoms with Crippen molar-refractivity contribution >= 4 is 18.2 Å². The number of nitrogens with two attached hydrogens (primary N) is 2. The number of benzene rings is 3. The summed E-state index contributed by atoms with van der Waals surface area (Å²) in [5.74, 6) is 10.2. The number of fused-ring (bicyclic) bond motifs is 6. The third kappa shape index (κ3) is 7.59. The standard InChI is InChI=1S/C48H46N4O15/c49-46(50)43(65-34(57)18-33(55)56)45-48(60)14-6-10-26-28(20-52-19-24-13-15-51-37(24)29(52)21-53)35-32(17-31(26)64-47(67-45)38(58)44(48)59)63-39-25(23-7-2-1-3-8-23)9-4-5-16-61-41-30(62-22-54)12-11-27-36(39)42(35)66-40(27)41/h1-3,7-8,11-13,15,17,25,36,38-39,42-47,53-54,58-60H,5,14,16,18-22,49-50H2,(H,55,56). The van der Waals surface area contributed by atoms with E-state index in [9.17, 15) is 40.2 Å². The largest absolute Gasteiger partial charge is 0.487 e. The fourth-order valence-electron chi connectivity index (χ4n) is 10.0. The zero-order valence-electron chi connectivity index (χ0n) is 35.6. The molecule has 19 heteroatoms. The Morgan fingerprint density at radius 1 is 1.03 bits per heavy atom. The van der Waals surface area contributed by atoms with Crippen LogP contribution in [0.3, 0.4) is 0 Å². The second-order valence-corrected chi connectivity index (χ2v) is 17.0. The number of esters is 1. The average molecular weight is 919 g/mol. The van der Waals surface area contributed by atoms with Crippen molar-refractivity contribution in [1.82, 2.24) is 4.90 Å². The molecule has 3 aromatic carbocycles. The molecule has 1 fully saturated rings. The molecule has 10 unspecified atom stereocenters. The van der Waals surface area contributed by atoms with Gasteiger partial charge in [0.05, 0.1) is 48.2 Å². The first-order valence-electron chi connectivity index (χ1n) is 21.6. The van der Waals surface area contributed by atoms with Crippen LogP contribution in [0.2, 0.25) is 0 Å². The van der Waals surface area contributed by atoms with Crippen LogP contribution in [0.5, 0.6) is 28.7 Å². The predicted octanol–water partition coefficient (Wildman–Crippen LogP) is 0.535. The van der Waals surface area contributed by atoms with Gasteiger partial charge in [-0.2, -0.15) is 0 Å². The van der Waals surface area contributed by atoms with E-state index >= 15 is 0 Å². The summed E-state index contributed by atoms with van der Waals surface area (Å²) in [6.45, 7) is -0.351. The van der Waals surface area contributed by atoms with Gasteiger partial charge in [-0.1, -0.05) is 60.1 Å². The number of aliphatic hydroxyl groups is 5. The zero-order chi connectivity index (χ0) is 46.7. The van der Waals surface area contributed by atoms with Gasteiger partial charge in [-0.25, -0.2) is 0 Å². The van der Waals surface area contributed by atoms with Crippen LogP contribution in [0.1, 0.15) is 65.0 Å². The number of carboxylic acids is 1. The van der Waals surface area contributed by atoms with Crippen LogP contribution in [0.4, 0.5) is 0 Å². The van der Waals surface area contributed by atoms with E-state index in [0.717, 1.165) is 16.7 Å². The van der Waals surface area contributed by atoms with Crippen molar-refractivity contribution in [3.63, 3.8) is 0 Å². The Hall–Kier alpha value is -6.65. The van der Waals surface area contributed by atoms with Gasteiger partial charge in [0.25, 0.3) is 0 Å². The van der Waals surface area contributed by atoms with E-state index in [2.05, 4.69) is 28.7 Å². The lowest BCUT2D eigenvalue weighted by Gasteiger charge is -2.50. The van der Waals surface area contributed by atoms with Gasteiger partial charge in [0.2, 0.25) is 12.0 Å². The van der Waals surface area contributed by atoms with Crippen LogP contribution < -0.4 is 35.2 Å². The van der Waals surface area contributed by atoms with Gasteiger partial charge in [-0.3, -0.25) is 14.6 Å². The fourth-order valence-corrected chi connectivity index (χ4v) is 10.0. The lowest BCUT2D eigenvalue weighted by atomic mass is 9.75. The molecule has 67 heavy (non-hydrogen) atoms. The summed E-state index contributed by atoms with van der Waals surface area (Å²) >= 11 is 0. The minimum Gasteiger partial charge on any atom is -0.487 e. The molecule has 6 bridgehead atoms. The van der Waals surface area contributed by atoms with Gasteiger partial charge in [-0.05, 0) is 17.7 Å². The van der Waals surface area contributed by atoms with Gasteiger partial charge in [0.1, 0.15) is 54.0 Å². The number of aliphatic hydroxyl groups excluding tert-OH is 4. The molecule has 0 aromatic heterocycles. The van der Waals surface area contributed by atoms with Crippen LogP contribution in [0.25, 0.3) is 0 Å². The molecule has 11 rings (SSSR count). The molecule has 8 aliphatic heterocycles. The summed E-state index contributed by atoms with van der Waals surface area (Å²) in [6, 6.07) is 14.8. The number of hydrogen-bond acceptors (Lipinski definition) is 18. The van der Waals surface area contributed by atoms with Crippen LogP contribution in [0, 0.1) is 23.7 Å². The van der Waals surface area contributed by atoms with Crippen molar-refractivity contribution in [2.24, 2.45) is 16.5 Å². The normalized spacial score (nSPS) is 28.6. The number of aliphatic carboxylic acids is 1. The minimum absolute atomic E-state index is 0.00807. The van der Waals surface area contributed by atoms with Crippen molar-refractivity contribution in [3.8, 4) is 52.4 Å². The zero-order valence-corrected chi connectivity index (χ0v) is 35.6. The van der Waals surface area contributed by atoms with Crippen LogP contribution in [-0.2, 0) is 25.6 Å². The van der Waals surface area contributed by atoms with Crippen LogP contribution in [-0.4, -0.2) is 129 Å². The number of allylic oxidation sites excluding steroid dienone is 1. The van der Waals surface area contributed by atoms with Crippen molar-refractivity contribution in [1.29, 1.82) is 0 Å². The predicted molar refractivity (Wildman–Crippen MR) is 231 cm³/mol. The Labute approximate surface area is 382 Å². The molecule has 19 nitrogen and oxygen atoms in total. The number of carbonyl (C=O) groups excluding carboxylic acids is 1. The van der Waals surface area contributed by atoms with E-state index in [4.69, 9.17) is 44.6 Å². The first-order chi connectivity index (χ1) is 32.4. The lowest BCUT2D eigenvalue weighted by molar-refractivity contribution is -0.324. The fraction of sp³-hybridized carbons (Fsp3) is 0.396. The van der Waals surface area contributed by atoms with Crippen molar-refractivity contribution in [2.75, 3.05) is 26.6 Å².